The second-order valence-corrected chi connectivity index (χ2v) is 8.12. The zero-order valence-electron chi connectivity index (χ0n) is 16.5. The molecule has 25 heavy (non-hydrogen) atoms. The van der Waals surface area contributed by atoms with Gasteiger partial charge in [0.15, 0.2) is 5.79 Å². The van der Waals surface area contributed by atoms with Crippen molar-refractivity contribution in [2.75, 3.05) is 7.11 Å². The monoisotopic (exact) mass is 354 g/mol. The van der Waals surface area contributed by atoms with Crippen LogP contribution in [-0.4, -0.2) is 49.4 Å². The summed E-state index contributed by atoms with van der Waals surface area (Å²) in [5.41, 5.74) is -0.734. The average molecular weight is 354 g/mol. The summed E-state index contributed by atoms with van der Waals surface area (Å²) in [6, 6.07) is 0. The Morgan fingerprint density at radius 3 is 2.24 bits per heavy atom. The second kappa shape index (κ2) is 7.39. The van der Waals surface area contributed by atoms with E-state index >= 15 is 0 Å². The number of hydrogen-bond donors (Lipinski definition) is 0. The Labute approximate surface area is 151 Å². The molecule has 2 unspecified atom stereocenters. The van der Waals surface area contributed by atoms with E-state index in [1.807, 2.05) is 53.6 Å². The van der Waals surface area contributed by atoms with E-state index in [-0.39, 0.29) is 29.4 Å². The fourth-order valence-corrected chi connectivity index (χ4v) is 2.97. The van der Waals surface area contributed by atoms with Crippen LogP contribution >= 0.6 is 0 Å². The lowest BCUT2D eigenvalue weighted by molar-refractivity contribution is -0.144. The summed E-state index contributed by atoms with van der Waals surface area (Å²) in [5, 5.41) is 0. The molecule has 0 aromatic rings. The first-order valence-electron chi connectivity index (χ1n) is 8.92. The van der Waals surface area contributed by atoms with Crippen LogP contribution in [0.25, 0.3) is 0 Å². The maximum atomic E-state index is 11.3. The van der Waals surface area contributed by atoms with E-state index in [0.29, 0.717) is 12.8 Å². The lowest BCUT2D eigenvalue weighted by Gasteiger charge is -2.32. The molecule has 0 spiro atoms. The zero-order valence-corrected chi connectivity index (χ0v) is 16.5. The lowest BCUT2D eigenvalue weighted by Crippen LogP contribution is -2.41. The highest BCUT2D eigenvalue weighted by atomic mass is 16.7. The number of methoxy groups -OCH3 is 1. The molecule has 0 radical (unpaired) electrons. The van der Waals surface area contributed by atoms with Crippen LogP contribution in [-0.2, 0) is 28.3 Å². The van der Waals surface area contributed by atoms with E-state index in [0.717, 1.165) is 6.42 Å². The van der Waals surface area contributed by atoms with Crippen LogP contribution in [0.4, 0.5) is 0 Å². The summed E-state index contributed by atoms with van der Waals surface area (Å²) in [7, 11) is 0.990. The van der Waals surface area contributed by atoms with E-state index in [9.17, 15) is 4.79 Å². The number of carbonyl (C=O) groups excluding carboxylic acids is 1. The maximum absolute atomic E-state index is 11.3. The minimum absolute atomic E-state index is 0.113. The molecule has 2 aliphatic rings. The SMILES string of the molecule is COC(=O)CCCC1OC(C)(C)OC1/C=C/B1OC(C)(C)C(C)(C)O1. The van der Waals surface area contributed by atoms with Gasteiger partial charge in [0.2, 0.25) is 0 Å². The summed E-state index contributed by atoms with van der Waals surface area (Å²) in [6.45, 7) is 11.9. The number of esters is 1. The Kier molecular flexibility index (Phi) is 6.04. The molecule has 0 aromatic heterocycles. The standard InChI is InChI=1S/C18H31BO6/c1-16(2)17(3,4)25-19(24-16)12-11-14-13(22-18(5,6)23-14)9-8-10-15(20)21-7/h11-14H,8-10H2,1-7H3/b12-11+. The van der Waals surface area contributed by atoms with Crippen molar-refractivity contribution < 1.29 is 28.3 Å². The molecule has 142 valence electrons. The fraction of sp³-hybridized carbons (Fsp3) is 0.833. The summed E-state index contributed by atoms with van der Waals surface area (Å²) in [5.74, 6) is 1.03. The van der Waals surface area contributed by atoms with Crippen molar-refractivity contribution >= 4 is 13.1 Å². The lowest BCUT2D eigenvalue weighted by atomic mass is 9.88. The van der Waals surface area contributed by atoms with Gasteiger partial charge in [-0.3, -0.25) is 4.79 Å². The largest absolute Gasteiger partial charge is 0.486 e. The molecule has 0 aromatic carbocycles. The molecule has 0 saturated carbocycles. The van der Waals surface area contributed by atoms with Gasteiger partial charge < -0.3 is 23.5 Å². The number of rotatable bonds is 6. The summed E-state index contributed by atoms with van der Waals surface area (Å²) in [6.07, 6.45) is 3.42. The third-order valence-electron chi connectivity index (χ3n) is 5.05. The van der Waals surface area contributed by atoms with Crippen molar-refractivity contribution in [3.8, 4) is 0 Å². The topological polar surface area (TPSA) is 63.2 Å². The van der Waals surface area contributed by atoms with Gasteiger partial charge in [-0.15, -0.1) is 0 Å². The summed E-state index contributed by atoms with van der Waals surface area (Å²) in [4.78, 5) is 11.3. The zero-order chi connectivity index (χ0) is 18.9. The van der Waals surface area contributed by atoms with Crippen molar-refractivity contribution in [2.45, 2.75) is 90.0 Å². The van der Waals surface area contributed by atoms with Gasteiger partial charge >= 0.3 is 13.1 Å². The van der Waals surface area contributed by atoms with Gasteiger partial charge in [0, 0.05) is 6.42 Å². The van der Waals surface area contributed by atoms with Gasteiger partial charge in [-0.2, -0.15) is 0 Å². The molecular weight excluding hydrogens is 323 g/mol. The molecule has 0 bridgehead atoms. The fourth-order valence-electron chi connectivity index (χ4n) is 2.97. The first-order valence-corrected chi connectivity index (χ1v) is 8.92. The molecule has 7 heteroatoms. The van der Waals surface area contributed by atoms with Crippen LogP contribution in [0.3, 0.4) is 0 Å². The first-order chi connectivity index (χ1) is 11.5. The van der Waals surface area contributed by atoms with Gasteiger partial charge in [0.1, 0.15) is 6.10 Å². The van der Waals surface area contributed by atoms with Gasteiger partial charge in [-0.05, 0) is 54.4 Å². The highest BCUT2D eigenvalue weighted by Crippen LogP contribution is 2.37. The van der Waals surface area contributed by atoms with Gasteiger partial charge in [-0.25, -0.2) is 0 Å². The normalized spacial score (nSPS) is 30.1. The molecule has 0 amide bonds. The Morgan fingerprint density at radius 1 is 1.08 bits per heavy atom. The van der Waals surface area contributed by atoms with Gasteiger partial charge in [0.05, 0.1) is 24.4 Å². The van der Waals surface area contributed by atoms with E-state index in [1.54, 1.807) is 0 Å². The van der Waals surface area contributed by atoms with Crippen molar-refractivity contribution in [1.82, 2.24) is 0 Å². The minimum atomic E-state index is -0.652. The van der Waals surface area contributed by atoms with E-state index < -0.39 is 12.9 Å². The number of ether oxygens (including phenoxy) is 3. The van der Waals surface area contributed by atoms with Crippen molar-refractivity contribution in [1.29, 1.82) is 0 Å². The molecule has 2 heterocycles. The molecule has 2 saturated heterocycles. The van der Waals surface area contributed by atoms with Crippen molar-refractivity contribution in [3.05, 3.63) is 12.1 Å². The molecule has 0 aliphatic carbocycles. The third-order valence-corrected chi connectivity index (χ3v) is 5.05. The molecule has 0 N–H and O–H groups in total. The Balaban J connectivity index is 1.95. The van der Waals surface area contributed by atoms with Gasteiger partial charge in [0.25, 0.3) is 0 Å². The molecule has 6 nitrogen and oxygen atoms in total. The predicted octanol–water partition coefficient (Wildman–Crippen LogP) is 3.04. The third kappa shape index (κ3) is 5.06. The Hall–Kier alpha value is -0.885. The number of hydrogen-bond acceptors (Lipinski definition) is 6. The maximum Gasteiger partial charge on any atom is 0.486 e. The van der Waals surface area contributed by atoms with Crippen molar-refractivity contribution in [2.24, 2.45) is 0 Å². The van der Waals surface area contributed by atoms with Crippen LogP contribution in [0, 0.1) is 0 Å². The van der Waals surface area contributed by atoms with Gasteiger partial charge in [-0.1, -0.05) is 12.1 Å². The second-order valence-electron chi connectivity index (χ2n) is 8.12. The Bertz CT molecular complexity index is 498. The van der Waals surface area contributed by atoms with E-state index in [4.69, 9.17) is 18.8 Å². The summed E-state index contributed by atoms with van der Waals surface area (Å²) >= 11 is 0. The number of carbonyl (C=O) groups is 1. The molecular formula is C18H31BO6. The Morgan fingerprint density at radius 2 is 1.68 bits per heavy atom. The predicted molar refractivity (Wildman–Crippen MR) is 94.9 cm³/mol. The minimum Gasteiger partial charge on any atom is -0.469 e. The highest BCUT2D eigenvalue weighted by molar-refractivity contribution is 6.51. The molecule has 2 atom stereocenters. The average Bonchev–Trinajstić information content (AvgIpc) is 2.88. The molecule has 2 aliphatic heterocycles. The quantitative estimate of drug-likeness (QED) is 0.540. The van der Waals surface area contributed by atoms with Crippen LogP contribution in [0.15, 0.2) is 12.1 Å². The van der Waals surface area contributed by atoms with Crippen LogP contribution in [0.5, 0.6) is 0 Å². The highest BCUT2D eigenvalue weighted by Gasteiger charge is 2.50. The van der Waals surface area contributed by atoms with Crippen LogP contribution < -0.4 is 0 Å². The van der Waals surface area contributed by atoms with E-state index in [1.165, 1.54) is 7.11 Å². The first kappa shape index (κ1) is 20.4. The van der Waals surface area contributed by atoms with Crippen molar-refractivity contribution in [3.63, 3.8) is 0 Å². The van der Waals surface area contributed by atoms with Crippen LogP contribution in [0.2, 0.25) is 0 Å². The molecule has 2 rings (SSSR count). The summed E-state index contributed by atoms with van der Waals surface area (Å²) < 4.78 is 28.6. The molecule has 2 fully saturated rings. The van der Waals surface area contributed by atoms with E-state index in [2.05, 4.69) is 4.74 Å². The van der Waals surface area contributed by atoms with Crippen LogP contribution in [0.1, 0.15) is 60.8 Å². The smallest absolute Gasteiger partial charge is 0.469 e.